The third-order valence-corrected chi connectivity index (χ3v) is 3.97. The maximum atomic E-state index is 12.4. The van der Waals surface area contributed by atoms with E-state index in [2.05, 4.69) is 21.2 Å². The zero-order chi connectivity index (χ0) is 15.2. The van der Waals surface area contributed by atoms with E-state index in [1.54, 1.807) is 0 Å². The highest BCUT2D eigenvalue weighted by Crippen LogP contribution is 2.29. The van der Waals surface area contributed by atoms with E-state index in [0.29, 0.717) is 16.9 Å². The van der Waals surface area contributed by atoms with Crippen LogP contribution in [0.4, 0.5) is 13.2 Å². The predicted molar refractivity (Wildman–Crippen MR) is 75.8 cm³/mol. The molecule has 6 heteroatoms. The average Bonchev–Trinajstić information content (AvgIpc) is 2.38. The Hall–Kier alpha value is -1.04. The number of nitrogens with one attached hydrogen (secondary N) is 1. The molecule has 0 aliphatic rings. The molecule has 1 aromatic rings. The SMILES string of the molecule is CCC(Br)CCNC(=O)Cc1ccc(C(F)(F)F)cc1. The maximum Gasteiger partial charge on any atom is 0.416 e. The van der Waals surface area contributed by atoms with E-state index in [0.717, 1.165) is 25.0 Å². The third-order valence-electron chi connectivity index (χ3n) is 2.87. The molecule has 0 aromatic heterocycles. The second-order valence-electron chi connectivity index (χ2n) is 4.52. The summed E-state index contributed by atoms with van der Waals surface area (Å²) in [7, 11) is 0. The summed E-state index contributed by atoms with van der Waals surface area (Å²) in [5.41, 5.74) is -0.131. The molecule has 1 amide bonds. The topological polar surface area (TPSA) is 29.1 Å². The lowest BCUT2D eigenvalue weighted by molar-refractivity contribution is -0.137. The van der Waals surface area contributed by atoms with Crippen molar-refractivity contribution in [1.82, 2.24) is 5.32 Å². The molecule has 20 heavy (non-hydrogen) atoms. The van der Waals surface area contributed by atoms with Gasteiger partial charge in [-0.3, -0.25) is 4.79 Å². The maximum absolute atomic E-state index is 12.4. The van der Waals surface area contributed by atoms with Crippen molar-refractivity contribution in [2.45, 2.75) is 37.2 Å². The molecule has 0 aliphatic carbocycles. The Balaban J connectivity index is 2.43. The van der Waals surface area contributed by atoms with Gasteiger partial charge in [-0.1, -0.05) is 35.0 Å². The highest BCUT2D eigenvalue weighted by Gasteiger charge is 2.29. The van der Waals surface area contributed by atoms with Gasteiger partial charge in [-0.25, -0.2) is 0 Å². The van der Waals surface area contributed by atoms with Crippen LogP contribution in [-0.4, -0.2) is 17.3 Å². The van der Waals surface area contributed by atoms with E-state index in [9.17, 15) is 18.0 Å². The average molecular weight is 352 g/mol. The van der Waals surface area contributed by atoms with E-state index in [4.69, 9.17) is 0 Å². The fraction of sp³-hybridized carbons (Fsp3) is 0.500. The first-order valence-corrected chi connectivity index (χ1v) is 7.31. The number of carbonyl (C=O) groups excluding carboxylic acids is 1. The first kappa shape index (κ1) is 17.0. The van der Waals surface area contributed by atoms with E-state index in [1.807, 2.05) is 6.92 Å². The first-order valence-electron chi connectivity index (χ1n) is 6.39. The van der Waals surface area contributed by atoms with Crippen LogP contribution in [0, 0.1) is 0 Å². The summed E-state index contributed by atoms with van der Waals surface area (Å²) < 4.78 is 37.1. The minimum Gasteiger partial charge on any atom is -0.356 e. The summed E-state index contributed by atoms with van der Waals surface area (Å²) in [5.74, 6) is -0.180. The first-order chi connectivity index (χ1) is 9.32. The van der Waals surface area contributed by atoms with Crippen molar-refractivity contribution >= 4 is 21.8 Å². The molecule has 112 valence electrons. The number of rotatable bonds is 6. The largest absolute Gasteiger partial charge is 0.416 e. The third kappa shape index (κ3) is 5.94. The monoisotopic (exact) mass is 351 g/mol. The second-order valence-corrected chi connectivity index (χ2v) is 5.81. The highest BCUT2D eigenvalue weighted by atomic mass is 79.9. The van der Waals surface area contributed by atoms with Gasteiger partial charge in [-0.15, -0.1) is 0 Å². The van der Waals surface area contributed by atoms with Crippen LogP contribution in [0.1, 0.15) is 30.9 Å². The van der Waals surface area contributed by atoms with Gasteiger partial charge in [-0.2, -0.15) is 13.2 Å². The van der Waals surface area contributed by atoms with Crippen molar-refractivity contribution in [2.24, 2.45) is 0 Å². The quantitative estimate of drug-likeness (QED) is 0.773. The van der Waals surface area contributed by atoms with E-state index in [1.165, 1.54) is 12.1 Å². The second kappa shape index (κ2) is 7.67. The van der Waals surface area contributed by atoms with Crippen molar-refractivity contribution in [3.63, 3.8) is 0 Å². The Labute approximate surface area is 124 Å². The Bertz CT molecular complexity index is 431. The Morgan fingerprint density at radius 2 is 1.90 bits per heavy atom. The minimum atomic E-state index is -4.34. The van der Waals surface area contributed by atoms with Crippen LogP contribution >= 0.6 is 15.9 Å². The molecule has 0 saturated carbocycles. The van der Waals surface area contributed by atoms with Gasteiger partial charge in [0.15, 0.2) is 0 Å². The normalized spacial score (nSPS) is 13.1. The van der Waals surface area contributed by atoms with E-state index in [-0.39, 0.29) is 12.3 Å². The van der Waals surface area contributed by atoms with Crippen LogP contribution in [0.5, 0.6) is 0 Å². The van der Waals surface area contributed by atoms with Crippen molar-refractivity contribution in [3.05, 3.63) is 35.4 Å². The molecule has 0 fully saturated rings. The molecule has 1 N–H and O–H groups in total. The molecule has 0 saturated heterocycles. The van der Waals surface area contributed by atoms with Crippen LogP contribution < -0.4 is 5.32 Å². The molecule has 0 bridgehead atoms. The summed E-state index contributed by atoms with van der Waals surface area (Å²) in [4.78, 5) is 12.0. The van der Waals surface area contributed by atoms with Gasteiger partial charge in [0.05, 0.1) is 12.0 Å². The lowest BCUT2D eigenvalue weighted by Gasteiger charge is -2.09. The summed E-state index contributed by atoms with van der Waals surface area (Å²) in [6.45, 7) is 2.60. The molecular formula is C14H17BrF3NO. The number of amides is 1. The van der Waals surface area contributed by atoms with Crippen molar-refractivity contribution in [2.75, 3.05) is 6.54 Å². The molecule has 0 radical (unpaired) electrons. The summed E-state index contributed by atoms with van der Waals surface area (Å²) in [6.07, 6.45) is -2.44. The van der Waals surface area contributed by atoms with Gasteiger partial charge >= 0.3 is 6.18 Å². The summed E-state index contributed by atoms with van der Waals surface area (Å²) >= 11 is 3.46. The van der Waals surface area contributed by atoms with Crippen LogP contribution in [0.3, 0.4) is 0 Å². The zero-order valence-electron chi connectivity index (χ0n) is 11.1. The highest BCUT2D eigenvalue weighted by molar-refractivity contribution is 9.09. The van der Waals surface area contributed by atoms with Crippen LogP contribution in [0.15, 0.2) is 24.3 Å². The zero-order valence-corrected chi connectivity index (χ0v) is 12.7. The Kier molecular flexibility index (Phi) is 6.52. The predicted octanol–water partition coefficient (Wildman–Crippen LogP) is 3.93. The van der Waals surface area contributed by atoms with Crippen molar-refractivity contribution < 1.29 is 18.0 Å². The Morgan fingerprint density at radius 3 is 2.40 bits per heavy atom. The molecule has 1 unspecified atom stereocenters. The molecule has 1 rings (SSSR count). The van der Waals surface area contributed by atoms with Crippen LogP contribution in [-0.2, 0) is 17.4 Å². The van der Waals surface area contributed by atoms with Crippen molar-refractivity contribution in [1.29, 1.82) is 0 Å². The number of hydrogen-bond donors (Lipinski definition) is 1. The Morgan fingerprint density at radius 1 is 1.30 bits per heavy atom. The van der Waals surface area contributed by atoms with E-state index >= 15 is 0 Å². The number of alkyl halides is 4. The summed E-state index contributed by atoms with van der Waals surface area (Å²) in [6, 6.07) is 4.66. The van der Waals surface area contributed by atoms with E-state index < -0.39 is 11.7 Å². The van der Waals surface area contributed by atoms with Crippen LogP contribution in [0.2, 0.25) is 0 Å². The van der Waals surface area contributed by atoms with Crippen LogP contribution in [0.25, 0.3) is 0 Å². The summed E-state index contributed by atoms with van der Waals surface area (Å²) in [5, 5.41) is 2.75. The smallest absolute Gasteiger partial charge is 0.356 e. The molecule has 0 spiro atoms. The minimum absolute atomic E-state index is 0.0945. The number of carbonyl (C=O) groups is 1. The molecule has 1 aromatic carbocycles. The lowest BCUT2D eigenvalue weighted by atomic mass is 10.1. The van der Waals surface area contributed by atoms with Gasteiger partial charge in [0.1, 0.15) is 0 Å². The molecule has 0 aliphatic heterocycles. The molecular weight excluding hydrogens is 335 g/mol. The van der Waals surface area contributed by atoms with Gasteiger partial charge in [-0.05, 0) is 30.5 Å². The van der Waals surface area contributed by atoms with Gasteiger partial charge in [0, 0.05) is 11.4 Å². The molecule has 0 heterocycles. The standard InChI is InChI=1S/C14H17BrF3NO/c1-2-12(15)7-8-19-13(20)9-10-3-5-11(6-4-10)14(16,17)18/h3-6,12H,2,7-9H2,1H3,(H,19,20). The van der Waals surface area contributed by atoms with Crippen molar-refractivity contribution in [3.8, 4) is 0 Å². The molecule has 1 atom stereocenters. The van der Waals surface area contributed by atoms with Gasteiger partial charge in [0.25, 0.3) is 0 Å². The molecule has 2 nitrogen and oxygen atoms in total. The number of benzene rings is 1. The van der Waals surface area contributed by atoms with Gasteiger partial charge in [0.2, 0.25) is 5.91 Å². The van der Waals surface area contributed by atoms with Gasteiger partial charge < -0.3 is 5.32 Å². The fourth-order valence-electron chi connectivity index (χ4n) is 1.63. The number of hydrogen-bond acceptors (Lipinski definition) is 1. The lowest BCUT2D eigenvalue weighted by Crippen LogP contribution is -2.27. The number of halogens is 4. The fourth-order valence-corrected chi connectivity index (χ4v) is 1.86.